The van der Waals surface area contributed by atoms with Gasteiger partial charge < -0.3 is 9.73 Å². The Balaban J connectivity index is 2.05. The smallest absolute Gasteiger partial charge is 0.137 e. The lowest BCUT2D eigenvalue weighted by atomic mass is 10.1. The molecule has 1 unspecified atom stereocenters. The summed E-state index contributed by atoms with van der Waals surface area (Å²) in [6.45, 7) is 7.44. The third kappa shape index (κ3) is 2.76. The van der Waals surface area contributed by atoms with Gasteiger partial charge in [0, 0.05) is 10.3 Å². The Kier molecular flexibility index (Phi) is 4.13. The molecule has 0 saturated carbocycles. The van der Waals surface area contributed by atoms with Gasteiger partial charge in [0.05, 0.1) is 0 Å². The number of rotatable bonds is 5. The number of para-hydroxylation sites is 1. The summed E-state index contributed by atoms with van der Waals surface area (Å²) in [5.74, 6) is 1.01. The van der Waals surface area contributed by atoms with E-state index in [2.05, 4.69) is 61.8 Å². The van der Waals surface area contributed by atoms with Gasteiger partial charge in [0.2, 0.25) is 0 Å². The molecule has 0 aliphatic heterocycles. The van der Waals surface area contributed by atoms with Gasteiger partial charge in [-0.25, -0.2) is 0 Å². The van der Waals surface area contributed by atoms with Crippen LogP contribution in [0, 0.1) is 13.8 Å². The Morgan fingerprint density at radius 2 is 2.05 bits per heavy atom. The van der Waals surface area contributed by atoms with Gasteiger partial charge in [0.15, 0.2) is 0 Å². The zero-order valence-corrected chi connectivity index (χ0v) is 13.6. The van der Waals surface area contributed by atoms with E-state index in [1.54, 1.807) is 11.3 Å². The molecule has 1 atom stereocenters. The minimum Gasteiger partial charge on any atom is -0.459 e. The molecule has 0 radical (unpaired) electrons. The monoisotopic (exact) mass is 299 g/mol. The first-order valence-electron chi connectivity index (χ1n) is 7.47. The molecule has 1 N–H and O–H groups in total. The summed E-state index contributed by atoms with van der Waals surface area (Å²) >= 11 is 1.79. The Bertz CT molecular complexity index is 741. The second kappa shape index (κ2) is 6.04. The number of hydrogen-bond donors (Lipinski definition) is 1. The van der Waals surface area contributed by atoms with Gasteiger partial charge in [0.1, 0.15) is 17.4 Å². The molecule has 0 amide bonds. The molecule has 2 aromatic heterocycles. The highest BCUT2D eigenvalue weighted by molar-refractivity contribution is 7.10. The van der Waals surface area contributed by atoms with Crippen LogP contribution in [0.25, 0.3) is 11.0 Å². The van der Waals surface area contributed by atoms with E-state index >= 15 is 0 Å². The number of hydrogen-bond acceptors (Lipinski definition) is 3. The summed E-state index contributed by atoms with van der Waals surface area (Å²) in [7, 11) is 0. The molecule has 3 aromatic rings. The van der Waals surface area contributed by atoms with Gasteiger partial charge in [-0.15, -0.1) is 11.3 Å². The Morgan fingerprint density at radius 3 is 2.71 bits per heavy atom. The molecule has 0 saturated heterocycles. The summed E-state index contributed by atoms with van der Waals surface area (Å²) in [6.07, 6.45) is 1.11. The Hall–Kier alpha value is -1.58. The first kappa shape index (κ1) is 14.4. The second-order valence-corrected chi connectivity index (χ2v) is 6.44. The maximum Gasteiger partial charge on any atom is 0.137 e. The van der Waals surface area contributed by atoms with Crippen LogP contribution < -0.4 is 5.32 Å². The van der Waals surface area contributed by atoms with Crippen LogP contribution in [0.1, 0.15) is 41.2 Å². The van der Waals surface area contributed by atoms with E-state index in [0.717, 1.165) is 24.3 Å². The molecule has 3 rings (SSSR count). The van der Waals surface area contributed by atoms with Crippen molar-refractivity contribution in [3.8, 4) is 0 Å². The van der Waals surface area contributed by atoms with Crippen LogP contribution >= 0.6 is 11.3 Å². The summed E-state index contributed by atoms with van der Waals surface area (Å²) in [5.41, 5.74) is 3.52. The molecule has 0 aliphatic carbocycles. The largest absolute Gasteiger partial charge is 0.459 e. The molecule has 2 heterocycles. The molecular formula is C18H21NOS. The fraction of sp³-hybridized carbons (Fsp3) is 0.333. The Labute approximate surface area is 129 Å². The van der Waals surface area contributed by atoms with Crippen LogP contribution in [-0.4, -0.2) is 6.54 Å². The van der Waals surface area contributed by atoms with Crippen LogP contribution in [0.4, 0.5) is 0 Å². The molecular weight excluding hydrogens is 278 g/mol. The van der Waals surface area contributed by atoms with Gasteiger partial charge in [-0.05, 0) is 55.5 Å². The quantitative estimate of drug-likeness (QED) is 0.700. The maximum absolute atomic E-state index is 6.18. The fourth-order valence-electron chi connectivity index (χ4n) is 2.66. The normalized spacial score (nSPS) is 12.9. The van der Waals surface area contributed by atoms with E-state index in [4.69, 9.17) is 4.42 Å². The van der Waals surface area contributed by atoms with Crippen molar-refractivity contribution in [1.82, 2.24) is 5.32 Å². The number of aryl methyl sites for hydroxylation is 2. The maximum atomic E-state index is 6.18. The van der Waals surface area contributed by atoms with Crippen molar-refractivity contribution in [3.05, 3.63) is 57.5 Å². The first-order valence-corrected chi connectivity index (χ1v) is 8.35. The number of fused-ring (bicyclic) bond motifs is 1. The molecule has 3 heteroatoms. The second-order valence-electron chi connectivity index (χ2n) is 5.50. The highest BCUT2D eigenvalue weighted by Gasteiger charge is 2.21. The minimum absolute atomic E-state index is 0.150. The van der Waals surface area contributed by atoms with E-state index in [-0.39, 0.29) is 6.04 Å². The third-order valence-corrected chi connectivity index (χ3v) is 4.89. The summed E-state index contributed by atoms with van der Waals surface area (Å²) in [4.78, 5) is 1.35. The number of thiophene rings is 1. The minimum atomic E-state index is 0.150. The van der Waals surface area contributed by atoms with Crippen LogP contribution in [0.2, 0.25) is 0 Å². The highest BCUT2D eigenvalue weighted by Crippen LogP contribution is 2.33. The van der Waals surface area contributed by atoms with Crippen LogP contribution in [0.5, 0.6) is 0 Å². The van der Waals surface area contributed by atoms with Gasteiger partial charge in [0.25, 0.3) is 0 Å². The van der Waals surface area contributed by atoms with Crippen molar-refractivity contribution in [3.63, 3.8) is 0 Å². The van der Waals surface area contributed by atoms with Crippen LogP contribution in [-0.2, 0) is 0 Å². The Morgan fingerprint density at radius 1 is 1.19 bits per heavy atom. The van der Waals surface area contributed by atoms with E-state index < -0.39 is 0 Å². The molecule has 0 fully saturated rings. The zero-order valence-electron chi connectivity index (χ0n) is 12.8. The van der Waals surface area contributed by atoms with Crippen molar-refractivity contribution in [2.24, 2.45) is 0 Å². The van der Waals surface area contributed by atoms with E-state index in [1.165, 1.54) is 21.4 Å². The SMILES string of the molecule is CCCNC(c1cc2cccc(C)c2o1)c1sccc1C. The molecule has 0 aliphatic rings. The van der Waals surface area contributed by atoms with Crippen molar-refractivity contribution < 1.29 is 4.42 Å². The van der Waals surface area contributed by atoms with Crippen molar-refractivity contribution in [1.29, 1.82) is 0 Å². The standard InChI is InChI=1S/C18H21NOS/c1-4-9-19-16(18-13(3)8-10-21-18)15-11-14-7-5-6-12(2)17(14)20-15/h5-8,10-11,16,19H,4,9H2,1-3H3. The van der Waals surface area contributed by atoms with Crippen molar-refractivity contribution >= 4 is 22.3 Å². The van der Waals surface area contributed by atoms with Crippen LogP contribution in [0.3, 0.4) is 0 Å². The van der Waals surface area contributed by atoms with Gasteiger partial charge in [-0.2, -0.15) is 0 Å². The van der Waals surface area contributed by atoms with E-state index in [1.807, 2.05) is 0 Å². The molecule has 0 bridgehead atoms. The van der Waals surface area contributed by atoms with Crippen molar-refractivity contribution in [2.75, 3.05) is 6.54 Å². The van der Waals surface area contributed by atoms with Crippen molar-refractivity contribution in [2.45, 2.75) is 33.2 Å². The zero-order chi connectivity index (χ0) is 14.8. The first-order chi connectivity index (χ1) is 10.2. The fourth-order valence-corrected chi connectivity index (χ4v) is 3.67. The number of furan rings is 1. The molecule has 2 nitrogen and oxygen atoms in total. The lowest BCUT2D eigenvalue weighted by Crippen LogP contribution is -2.22. The van der Waals surface area contributed by atoms with Gasteiger partial charge in [-0.3, -0.25) is 0 Å². The molecule has 110 valence electrons. The molecule has 21 heavy (non-hydrogen) atoms. The van der Waals surface area contributed by atoms with E-state index in [9.17, 15) is 0 Å². The third-order valence-electron chi connectivity index (χ3n) is 3.81. The molecule has 0 spiro atoms. The predicted molar refractivity (Wildman–Crippen MR) is 90.1 cm³/mol. The predicted octanol–water partition coefficient (Wildman–Crippen LogP) is 5.20. The lowest BCUT2D eigenvalue weighted by molar-refractivity contribution is 0.472. The number of benzene rings is 1. The molecule has 1 aromatic carbocycles. The van der Waals surface area contributed by atoms with Gasteiger partial charge >= 0.3 is 0 Å². The highest BCUT2D eigenvalue weighted by atomic mass is 32.1. The van der Waals surface area contributed by atoms with E-state index in [0.29, 0.717) is 0 Å². The summed E-state index contributed by atoms with van der Waals surface area (Å²) in [6, 6.07) is 10.8. The number of nitrogens with one attached hydrogen (secondary N) is 1. The average Bonchev–Trinajstić information content (AvgIpc) is 3.07. The average molecular weight is 299 g/mol. The van der Waals surface area contributed by atoms with Gasteiger partial charge in [-0.1, -0.05) is 25.1 Å². The summed E-state index contributed by atoms with van der Waals surface area (Å²) < 4.78 is 6.18. The summed E-state index contributed by atoms with van der Waals surface area (Å²) in [5, 5.41) is 6.96. The van der Waals surface area contributed by atoms with Crippen LogP contribution in [0.15, 0.2) is 40.1 Å². The lowest BCUT2D eigenvalue weighted by Gasteiger charge is -2.16. The topological polar surface area (TPSA) is 25.2 Å².